The fourth-order valence-corrected chi connectivity index (χ4v) is 2.57. The topological polar surface area (TPSA) is 109 Å². The van der Waals surface area contributed by atoms with Gasteiger partial charge in [-0.2, -0.15) is 0 Å². The molecule has 1 aliphatic heterocycles. The predicted molar refractivity (Wildman–Crippen MR) is 83.4 cm³/mol. The number of halogens is 1. The highest BCUT2D eigenvalue weighted by Gasteiger charge is 2.26. The van der Waals surface area contributed by atoms with Crippen LogP contribution in [0, 0.1) is 5.82 Å². The number of aromatic hydroxyl groups is 1. The summed E-state index contributed by atoms with van der Waals surface area (Å²) in [6.07, 6.45) is 0. The molecule has 0 bridgehead atoms. The number of carbonyl (C=O) groups is 1. The molecule has 120 valence electrons. The fourth-order valence-electron chi connectivity index (χ4n) is 2.57. The van der Waals surface area contributed by atoms with E-state index in [0.29, 0.717) is 24.5 Å². The van der Waals surface area contributed by atoms with E-state index in [4.69, 9.17) is 5.73 Å². The van der Waals surface area contributed by atoms with Crippen molar-refractivity contribution in [1.29, 1.82) is 0 Å². The van der Waals surface area contributed by atoms with Crippen LogP contribution in [-0.4, -0.2) is 28.7 Å². The fraction of sp³-hybridized carbons (Fsp3) is 0.200. The Kier molecular flexibility index (Phi) is 3.65. The van der Waals surface area contributed by atoms with E-state index in [2.05, 4.69) is 10.6 Å². The zero-order valence-corrected chi connectivity index (χ0v) is 12.1. The van der Waals surface area contributed by atoms with E-state index in [-0.39, 0.29) is 18.0 Å². The molecular weight excluding hydrogens is 303 g/mol. The first-order chi connectivity index (χ1) is 11.0. The maximum Gasteiger partial charge on any atom is 0.269 e. The Morgan fingerprint density at radius 3 is 2.57 bits per heavy atom. The predicted octanol–water partition coefficient (Wildman–Crippen LogP) is 0.678. The van der Waals surface area contributed by atoms with Gasteiger partial charge in [0.05, 0.1) is 6.54 Å². The van der Waals surface area contributed by atoms with Crippen LogP contribution < -0.4 is 21.9 Å². The van der Waals surface area contributed by atoms with Gasteiger partial charge in [-0.05, 0) is 17.7 Å². The van der Waals surface area contributed by atoms with Gasteiger partial charge in [0.1, 0.15) is 22.9 Å². The number of aromatic nitrogens is 1. The van der Waals surface area contributed by atoms with Crippen LogP contribution in [0.4, 0.5) is 15.9 Å². The van der Waals surface area contributed by atoms with Crippen LogP contribution in [-0.2, 0) is 6.54 Å². The second-order valence-corrected chi connectivity index (χ2v) is 5.18. The number of amides is 1. The molecule has 23 heavy (non-hydrogen) atoms. The molecule has 5 N–H and O–H groups in total. The molecule has 1 aliphatic rings. The van der Waals surface area contributed by atoms with Crippen molar-refractivity contribution in [2.24, 2.45) is 5.73 Å². The van der Waals surface area contributed by atoms with Crippen molar-refractivity contribution in [1.82, 2.24) is 4.57 Å². The van der Waals surface area contributed by atoms with E-state index in [9.17, 15) is 19.1 Å². The first-order valence-corrected chi connectivity index (χ1v) is 7.00. The van der Waals surface area contributed by atoms with Crippen LogP contribution in [0.3, 0.4) is 0 Å². The summed E-state index contributed by atoms with van der Waals surface area (Å²) in [5.74, 6) is -1.48. The Balaban J connectivity index is 2.18. The van der Waals surface area contributed by atoms with Crippen molar-refractivity contribution in [3.05, 3.63) is 51.6 Å². The molecule has 0 saturated carbocycles. The van der Waals surface area contributed by atoms with Crippen LogP contribution in [0.15, 0.2) is 29.1 Å². The third kappa shape index (κ3) is 2.59. The number of primary amides is 1. The van der Waals surface area contributed by atoms with E-state index in [1.807, 2.05) is 0 Å². The third-order valence-corrected chi connectivity index (χ3v) is 3.66. The maximum absolute atomic E-state index is 13.0. The van der Waals surface area contributed by atoms with Gasteiger partial charge in [0.15, 0.2) is 5.75 Å². The zero-order valence-electron chi connectivity index (χ0n) is 12.1. The van der Waals surface area contributed by atoms with Gasteiger partial charge in [0.2, 0.25) is 0 Å². The summed E-state index contributed by atoms with van der Waals surface area (Å²) in [5, 5.41) is 16.1. The second-order valence-electron chi connectivity index (χ2n) is 5.18. The van der Waals surface area contributed by atoms with Crippen LogP contribution in [0.1, 0.15) is 15.9 Å². The number of pyridine rings is 1. The molecule has 0 saturated heterocycles. The van der Waals surface area contributed by atoms with Gasteiger partial charge in [-0.1, -0.05) is 12.1 Å². The molecule has 1 aromatic carbocycles. The first kappa shape index (κ1) is 14.9. The highest BCUT2D eigenvalue weighted by Crippen LogP contribution is 2.34. The van der Waals surface area contributed by atoms with Crippen LogP contribution in [0.5, 0.6) is 5.75 Å². The number of anilines is 2. The Bertz CT molecular complexity index is 830. The van der Waals surface area contributed by atoms with Gasteiger partial charge in [-0.25, -0.2) is 4.39 Å². The summed E-state index contributed by atoms with van der Waals surface area (Å²) in [7, 11) is 0. The minimum Gasteiger partial charge on any atom is -0.505 e. The van der Waals surface area contributed by atoms with Crippen molar-refractivity contribution in [3.63, 3.8) is 0 Å². The Morgan fingerprint density at radius 1 is 1.26 bits per heavy atom. The molecule has 0 unspecified atom stereocenters. The van der Waals surface area contributed by atoms with Gasteiger partial charge in [0, 0.05) is 13.1 Å². The minimum absolute atomic E-state index is 0.108. The average Bonchev–Trinajstić information content (AvgIpc) is 2.53. The van der Waals surface area contributed by atoms with Gasteiger partial charge in [-0.15, -0.1) is 0 Å². The van der Waals surface area contributed by atoms with Gasteiger partial charge in [-0.3, -0.25) is 14.2 Å². The normalized spacial score (nSPS) is 12.9. The average molecular weight is 318 g/mol. The van der Waals surface area contributed by atoms with Crippen LogP contribution >= 0.6 is 0 Å². The summed E-state index contributed by atoms with van der Waals surface area (Å²) in [5.41, 5.74) is 4.98. The molecule has 1 amide bonds. The molecule has 3 rings (SSSR count). The number of hydrogen-bond donors (Lipinski definition) is 4. The number of hydrogen-bond acceptors (Lipinski definition) is 5. The monoisotopic (exact) mass is 318 g/mol. The number of rotatable bonds is 3. The zero-order chi connectivity index (χ0) is 16.6. The van der Waals surface area contributed by atoms with E-state index < -0.39 is 22.8 Å². The van der Waals surface area contributed by atoms with Crippen molar-refractivity contribution in [2.75, 3.05) is 23.7 Å². The minimum atomic E-state index is -1.00. The third-order valence-electron chi connectivity index (χ3n) is 3.66. The molecule has 0 radical (unpaired) electrons. The second kappa shape index (κ2) is 5.64. The summed E-state index contributed by atoms with van der Waals surface area (Å²) in [6, 6.07) is 5.66. The Hall–Kier alpha value is -3.03. The largest absolute Gasteiger partial charge is 0.505 e. The lowest BCUT2D eigenvalue weighted by Crippen LogP contribution is -2.35. The molecule has 8 heteroatoms. The van der Waals surface area contributed by atoms with Gasteiger partial charge < -0.3 is 21.5 Å². The number of nitrogens with one attached hydrogen (secondary N) is 2. The van der Waals surface area contributed by atoms with Crippen LogP contribution in [0.2, 0.25) is 0 Å². The summed E-state index contributed by atoms with van der Waals surface area (Å²) in [6.45, 7) is 1.18. The van der Waals surface area contributed by atoms with Crippen molar-refractivity contribution in [2.45, 2.75) is 6.54 Å². The highest BCUT2D eigenvalue weighted by atomic mass is 19.1. The number of nitrogens with zero attached hydrogens (tertiary/aromatic N) is 1. The Morgan fingerprint density at radius 2 is 1.91 bits per heavy atom. The number of carbonyl (C=O) groups excluding carboxylic acids is 1. The standard InChI is InChI=1S/C15H15FN4O3/c16-9-3-1-8(2-4-9)7-20-14-11(18-5-6-19-14)12(21)10(13(17)22)15(20)23/h1-4,18-19,21H,5-7H2,(H2,17,22). The molecule has 2 heterocycles. The van der Waals surface area contributed by atoms with E-state index >= 15 is 0 Å². The summed E-state index contributed by atoms with van der Waals surface area (Å²) in [4.78, 5) is 24.1. The van der Waals surface area contributed by atoms with Crippen LogP contribution in [0.25, 0.3) is 0 Å². The number of nitrogens with two attached hydrogens (primary N) is 1. The highest BCUT2D eigenvalue weighted by molar-refractivity contribution is 5.98. The molecule has 1 aromatic heterocycles. The molecule has 2 aromatic rings. The van der Waals surface area contributed by atoms with E-state index in [1.54, 1.807) is 12.1 Å². The number of benzene rings is 1. The summed E-state index contributed by atoms with van der Waals surface area (Å²) >= 11 is 0. The lowest BCUT2D eigenvalue weighted by Gasteiger charge is -2.25. The summed E-state index contributed by atoms with van der Waals surface area (Å²) < 4.78 is 14.3. The van der Waals surface area contributed by atoms with Crippen molar-refractivity contribution < 1.29 is 14.3 Å². The molecule has 0 fully saturated rings. The molecule has 0 atom stereocenters. The molecule has 7 nitrogen and oxygen atoms in total. The SMILES string of the molecule is NC(=O)c1c(O)c2c(n(Cc3ccc(F)cc3)c1=O)NCCN2. The maximum atomic E-state index is 13.0. The number of fused-ring (bicyclic) bond motifs is 1. The quantitative estimate of drug-likeness (QED) is 0.665. The van der Waals surface area contributed by atoms with E-state index in [0.717, 1.165) is 0 Å². The van der Waals surface area contributed by atoms with Crippen molar-refractivity contribution in [3.8, 4) is 5.75 Å². The molecular formula is C15H15FN4O3. The van der Waals surface area contributed by atoms with Crippen molar-refractivity contribution >= 4 is 17.4 Å². The van der Waals surface area contributed by atoms with Gasteiger partial charge in [0.25, 0.3) is 11.5 Å². The lowest BCUT2D eigenvalue weighted by molar-refractivity contribution is 0.0996. The lowest BCUT2D eigenvalue weighted by atomic mass is 10.1. The smallest absolute Gasteiger partial charge is 0.269 e. The van der Waals surface area contributed by atoms with E-state index in [1.165, 1.54) is 16.7 Å². The molecule has 0 spiro atoms. The molecule has 0 aliphatic carbocycles. The Labute approximate surface area is 130 Å². The first-order valence-electron chi connectivity index (χ1n) is 7.00. The van der Waals surface area contributed by atoms with Gasteiger partial charge >= 0.3 is 0 Å².